The Morgan fingerprint density at radius 1 is 0.642 bits per heavy atom. The fourth-order valence-electron chi connectivity index (χ4n) is 8.59. The second-order valence-electron chi connectivity index (χ2n) is 19.5. The van der Waals surface area contributed by atoms with Gasteiger partial charge in [-0.05, 0) is 76.4 Å². The van der Waals surface area contributed by atoms with Crippen LogP contribution < -0.4 is 45.9 Å². The van der Waals surface area contributed by atoms with Crippen molar-refractivity contribution in [3.8, 4) is 34.0 Å². The van der Waals surface area contributed by atoms with Gasteiger partial charge in [-0.1, -0.05) is 57.0 Å². The molecule has 0 aliphatic rings. The summed E-state index contributed by atoms with van der Waals surface area (Å²) in [5, 5.41) is 17.6. The molecule has 81 heavy (non-hydrogen) atoms. The topological polar surface area (TPSA) is 210 Å². The number of likely N-dealkylation sites (N-methyl/N-ethyl adjacent to an activating group) is 4. The number of amides is 3. The third-order valence-corrected chi connectivity index (χ3v) is 12.7. The molecule has 0 atom stereocenters. The van der Waals surface area contributed by atoms with Gasteiger partial charge < -0.3 is 64.6 Å². The van der Waals surface area contributed by atoms with Crippen molar-refractivity contribution < 1.29 is 59.7 Å². The van der Waals surface area contributed by atoms with Crippen molar-refractivity contribution in [1.82, 2.24) is 39.3 Å². The average Bonchev–Trinajstić information content (AvgIpc) is 4.00. The van der Waals surface area contributed by atoms with Crippen LogP contribution in [0.15, 0.2) is 135 Å². The number of carbonyl (C=O) groups is 3. The number of para-hydroxylation sites is 2. The Morgan fingerprint density at radius 3 is 1.48 bits per heavy atom. The second kappa shape index (κ2) is 28.7. The number of aromatic nitrogens is 6. The Kier molecular flexibility index (Phi) is 22.5. The minimum Gasteiger partial charge on any atom is -0.494 e. The summed E-state index contributed by atoms with van der Waals surface area (Å²) in [6.07, 6.45) is 9.56. The van der Waals surface area contributed by atoms with Crippen LogP contribution in [0.3, 0.4) is 0 Å². The first-order valence-electron chi connectivity index (χ1n) is 25.5. The number of anilines is 8. The number of hydrogen-bond donors (Lipinski definition) is 5. The predicted octanol–water partition coefficient (Wildman–Crippen LogP) is 10.6. The summed E-state index contributed by atoms with van der Waals surface area (Å²) in [5.41, 5.74) is 9.02. The van der Waals surface area contributed by atoms with Crippen molar-refractivity contribution in [2.45, 2.75) is 33.8 Å². The Morgan fingerprint density at radius 2 is 1.07 bits per heavy atom. The standard InChI is InChI=1S/C32H39N7O4.C27H31N7O2.CH4.U/c1-9-29(40)34-24-18-25(28(42-8)19-27(24)37(5)16-17-38(6)31(41)43-32(2,3)4)36-30-33-15-14-23(35-30)22-20-39(7)26-13-11-10-12-21(22)26;1-6-26(35)30-21-15-22(25(36-5)16-24(21)33(3)14-13-28-2)32-27-29-12-11-20(31-27)19-17-34(4)23-10-8-7-9-18(19)23;;/h9-15,18-20H,1,16-17H2,2-8H3,(H,34,40)(H,33,35,36);6-12,15-17,28H,1,13-14H2,2-5H3,(H,30,35)(H,29,31,32);1H4;. The smallest absolute Gasteiger partial charge is 0.410 e. The third-order valence-electron chi connectivity index (χ3n) is 12.7. The summed E-state index contributed by atoms with van der Waals surface area (Å²) >= 11 is 0. The van der Waals surface area contributed by atoms with Gasteiger partial charge in [0.1, 0.15) is 17.1 Å². The van der Waals surface area contributed by atoms with E-state index in [0.717, 1.165) is 63.1 Å². The molecule has 0 unspecified atom stereocenters. The van der Waals surface area contributed by atoms with E-state index in [0.29, 0.717) is 64.9 Å². The number of carbonyl (C=O) groups excluding carboxylic acids is 3. The van der Waals surface area contributed by atoms with Gasteiger partial charge in [-0.25, -0.2) is 24.7 Å². The number of ether oxygens (including phenoxy) is 3. The van der Waals surface area contributed by atoms with E-state index >= 15 is 0 Å². The Bertz CT molecular complexity index is 3500. The number of hydrogen-bond acceptors (Lipinski definition) is 15. The number of aryl methyl sites for hydroxylation is 2. The molecule has 3 amide bonds. The van der Waals surface area contributed by atoms with Crippen molar-refractivity contribution in [3.05, 3.63) is 135 Å². The number of nitrogens with zero attached hydrogens (tertiary/aromatic N) is 9. The van der Waals surface area contributed by atoms with Crippen LogP contribution in [0.1, 0.15) is 28.2 Å². The van der Waals surface area contributed by atoms with E-state index in [1.807, 2.05) is 127 Å². The fourth-order valence-corrected chi connectivity index (χ4v) is 8.59. The van der Waals surface area contributed by atoms with Gasteiger partial charge in [0.25, 0.3) is 0 Å². The maximum atomic E-state index is 12.4. The summed E-state index contributed by atoms with van der Waals surface area (Å²) in [7, 11) is 14.6. The first kappa shape index (κ1) is 63.5. The van der Waals surface area contributed by atoms with Gasteiger partial charge in [0, 0.05) is 162 Å². The number of nitrogens with one attached hydrogen (secondary N) is 5. The van der Waals surface area contributed by atoms with E-state index in [4.69, 9.17) is 24.2 Å². The van der Waals surface area contributed by atoms with Crippen molar-refractivity contribution in [3.63, 3.8) is 0 Å². The van der Waals surface area contributed by atoms with Gasteiger partial charge in [0.05, 0.1) is 59.7 Å². The molecule has 4 heterocycles. The van der Waals surface area contributed by atoms with Crippen LogP contribution in [0.5, 0.6) is 11.5 Å². The first-order chi connectivity index (χ1) is 37.8. The summed E-state index contributed by atoms with van der Waals surface area (Å²) < 4.78 is 21.0. The Hall–Kier alpha value is -8.38. The van der Waals surface area contributed by atoms with Gasteiger partial charge in [-0.3, -0.25) is 9.59 Å². The molecule has 0 radical (unpaired) electrons. The van der Waals surface area contributed by atoms with Crippen molar-refractivity contribution in [2.24, 2.45) is 14.1 Å². The van der Waals surface area contributed by atoms with E-state index in [9.17, 15) is 14.4 Å². The first-order valence-corrected chi connectivity index (χ1v) is 25.5. The van der Waals surface area contributed by atoms with E-state index < -0.39 is 11.7 Å². The second-order valence-corrected chi connectivity index (χ2v) is 19.5. The van der Waals surface area contributed by atoms with Crippen LogP contribution in [0.25, 0.3) is 44.3 Å². The van der Waals surface area contributed by atoms with Gasteiger partial charge >= 0.3 is 6.09 Å². The molecular weight excluding hydrogens is 1250 g/mol. The SMILES string of the molecule is C.C=CC(=O)Nc1cc(Nc2nccc(-c3cn(C)c4ccccc34)n2)c(OC)cc1N(C)CCN(C)C(=O)OC(C)(C)C.C=CC(=O)Nc1cc(Nc2nccc(-c3cn(C)c4ccccc34)n2)c(OC)cc1N(C)CCNC.[U]. The van der Waals surface area contributed by atoms with Gasteiger partial charge in [-0.2, -0.15) is 0 Å². The molecule has 0 spiro atoms. The largest absolute Gasteiger partial charge is 0.494 e. The maximum Gasteiger partial charge on any atom is 0.410 e. The molecule has 21 heteroatoms. The summed E-state index contributed by atoms with van der Waals surface area (Å²) in [4.78, 5) is 60.9. The molecule has 424 valence electrons. The number of fused-ring (bicyclic) bond motifs is 2. The Balaban J connectivity index is 0.000000294. The molecule has 8 rings (SSSR count). The normalized spacial score (nSPS) is 10.7. The molecule has 5 N–H and O–H groups in total. The molecule has 4 aromatic carbocycles. The van der Waals surface area contributed by atoms with E-state index in [1.165, 1.54) is 17.1 Å². The average molecular weight is 1330 g/mol. The quantitative estimate of drug-likeness (QED) is 0.0450. The summed E-state index contributed by atoms with van der Waals surface area (Å²) in [5.74, 6) is 1.21. The number of methoxy groups -OCH3 is 2. The molecule has 0 fully saturated rings. The van der Waals surface area contributed by atoms with Crippen LogP contribution in [0, 0.1) is 31.1 Å². The molecule has 20 nitrogen and oxygen atoms in total. The van der Waals surface area contributed by atoms with Gasteiger partial charge in [-0.15, -0.1) is 0 Å². The third kappa shape index (κ3) is 15.9. The molecule has 0 saturated heterocycles. The molecule has 8 aromatic rings. The van der Waals surface area contributed by atoms with Crippen LogP contribution in [0.2, 0.25) is 0 Å². The predicted molar refractivity (Wildman–Crippen MR) is 324 cm³/mol. The van der Waals surface area contributed by atoms with E-state index in [1.54, 1.807) is 39.7 Å². The molecule has 0 bridgehead atoms. The van der Waals surface area contributed by atoms with E-state index in [-0.39, 0.29) is 50.4 Å². The summed E-state index contributed by atoms with van der Waals surface area (Å²) in [6, 6.07) is 27.4. The molecular formula is C60H74N14O6U. The summed E-state index contributed by atoms with van der Waals surface area (Å²) in [6.45, 7) is 15.0. The maximum absolute atomic E-state index is 12.4. The van der Waals surface area contributed by atoms with Gasteiger partial charge in [0.2, 0.25) is 23.7 Å². The molecule has 0 aliphatic heterocycles. The van der Waals surface area contributed by atoms with Crippen molar-refractivity contribution in [1.29, 1.82) is 0 Å². The monoisotopic (exact) mass is 1320 g/mol. The van der Waals surface area contributed by atoms with E-state index in [2.05, 4.69) is 89.3 Å². The minimum absolute atomic E-state index is 0. The van der Waals surface area contributed by atoms with Crippen molar-refractivity contribution in [2.75, 3.05) is 99.7 Å². The fraction of sp³-hybridized carbons (Fsp3) is 0.283. The number of benzene rings is 4. The zero-order valence-corrected chi connectivity index (χ0v) is 51.4. The zero-order valence-electron chi connectivity index (χ0n) is 47.3. The van der Waals surface area contributed by atoms with Crippen LogP contribution in [-0.4, -0.2) is 126 Å². The van der Waals surface area contributed by atoms with Gasteiger partial charge in [0.15, 0.2) is 0 Å². The molecule has 4 aromatic heterocycles. The zero-order chi connectivity index (χ0) is 57.0. The molecule has 0 aliphatic carbocycles. The number of rotatable bonds is 20. The minimum atomic E-state index is -0.590. The van der Waals surface area contributed by atoms with Crippen LogP contribution >= 0.6 is 0 Å². The van der Waals surface area contributed by atoms with Crippen LogP contribution in [0.4, 0.5) is 50.8 Å². The van der Waals surface area contributed by atoms with Crippen LogP contribution in [-0.2, 0) is 28.4 Å². The Labute approximate surface area is 498 Å². The molecule has 0 saturated carbocycles. The van der Waals surface area contributed by atoms with Crippen molar-refractivity contribution >= 4 is 85.7 Å².